The van der Waals surface area contributed by atoms with Crippen LogP contribution in [0.4, 0.5) is 4.79 Å². The van der Waals surface area contributed by atoms with Crippen molar-refractivity contribution in [3.05, 3.63) is 18.5 Å². The number of hydrogen-bond donors (Lipinski definition) is 0. The highest BCUT2D eigenvalue weighted by molar-refractivity contribution is 5.73. The van der Waals surface area contributed by atoms with Crippen molar-refractivity contribution in [3.8, 4) is 0 Å². The van der Waals surface area contributed by atoms with Gasteiger partial charge in [0.15, 0.2) is 0 Å². The molecule has 0 fully saturated rings. The summed E-state index contributed by atoms with van der Waals surface area (Å²) in [5.74, 6) is 0. The summed E-state index contributed by atoms with van der Waals surface area (Å²) < 4.78 is 6.95. The molecule has 1 rings (SSSR count). The van der Waals surface area contributed by atoms with Crippen LogP contribution in [-0.2, 0) is 16.1 Å². The molecule has 1 aromatic heterocycles. The number of aldehydes is 1. The van der Waals surface area contributed by atoms with Crippen LogP contribution >= 0.6 is 0 Å². The SMILES string of the molecule is CN(C(=O)OC(C)(C)C)C(C=O)CCn1cccn1. The third kappa shape index (κ3) is 5.11. The van der Waals surface area contributed by atoms with E-state index in [9.17, 15) is 9.59 Å². The monoisotopic (exact) mass is 267 g/mol. The summed E-state index contributed by atoms with van der Waals surface area (Å²) in [7, 11) is 1.57. The summed E-state index contributed by atoms with van der Waals surface area (Å²) in [4.78, 5) is 24.3. The van der Waals surface area contributed by atoms with Crippen molar-refractivity contribution in [1.29, 1.82) is 0 Å². The maximum atomic E-state index is 11.8. The van der Waals surface area contributed by atoms with Gasteiger partial charge in [0.05, 0.1) is 6.04 Å². The van der Waals surface area contributed by atoms with Gasteiger partial charge in [-0.1, -0.05) is 0 Å². The lowest BCUT2D eigenvalue weighted by atomic mass is 10.2. The van der Waals surface area contributed by atoms with Gasteiger partial charge in [-0.2, -0.15) is 5.10 Å². The minimum Gasteiger partial charge on any atom is -0.444 e. The minimum absolute atomic E-state index is 0.495. The second-order valence-electron chi connectivity index (χ2n) is 5.35. The van der Waals surface area contributed by atoms with E-state index < -0.39 is 17.7 Å². The van der Waals surface area contributed by atoms with Gasteiger partial charge < -0.3 is 14.4 Å². The highest BCUT2D eigenvalue weighted by Gasteiger charge is 2.24. The van der Waals surface area contributed by atoms with Crippen LogP contribution in [0.25, 0.3) is 0 Å². The Balaban J connectivity index is 2.53. The largest absolute Gasteiger partial charge is 0.444 e. The molecule has 6 heteroatoms. The van der Waals surface area contributed by atoms with E-state index in [0.717, 1.165) is 6.29 Å². The van der Waals surface area contributed by atoms with Gasteiger partial charge in [-0.25, -0.2) is 4.79 Å². The van der Waals surface area contributed by atoms with Crippen molar-refractivity contribution >= 4 is 12.4 Å². The summed E-state index contributed by atoms with van der Waals surface area (Å²) in [6, 6.07) is 1.30. The molecule has 1 atom stereocenters. The fraction of sp³-hybridized carbons (Fsp3) is 0.615. The van der Waals surface area contributed by atoms with Gasteiger partial charge >= 0.3 is 6.09 Å². The summed E-state index contributed by atoms with van der Waals surface area (Å²) in [6.07, 6.45) is 4.25. The standard InChI is InChI=1S/C13H21N3O3/c1-13(2,3)19-12(18)15(4)11(10-17)6-9-16-8-5-7-14-16/h5,7-8,10-11H,6,9H2,1-4H3. The van der Waals surface area contributed by atoms with Gasteiger partial charge in [0, 0.05) is 26.0 Å². The van der Waals surface area contributed by atoms with E-state index in [-0.39, 0.29) is 0 Å². The van der Waals surface area contributed by atoms with Crippen molar-refractivity contribution in [3.63, 3.8) is 0 Å². The summed E-state index contributed by atoms with van der Waals surface area (Å²) in [5.41, 5.74) is -0.569. The molecular weight excluding hydrogens is 246 g/mol. The van der Waals surface area contributed by atoms with Crippen LogP contribution in [0.2, 0.25) is 0 Å². The lowest BCUT2D eigenvalue weighted by Gasteiger charge is -2.27. The van der Waals surface area contributed by atoms with E-state index in [0.29, 0.717) is 13.0 Å². The Hall–Kier alpha value is -1.85. The van der Waals surface area contributed by atoms with Crippen molar-refractivity contribution in [2.24, 2.45) is 0 Å². The van der Waals surface area contributed by atoms with E-state index in [2.05, 4.69) is 5.10 Å². The Labute approximate surface area is 113 Å². The molecule has 0 saturated carbocycles. The smallest absolute Gasteiger partial charge is 0.410 e. The number of amides is 1. The van der Waals surface area contributed by atoms with Crippen LogP contribution in [0.3, 0.4) is 0 Å². The quantitative estimate of drug-likeness (QED) is 0.762. The number of ether oxygens (including phenoxy) is 1. The molecule has 1 aromatic rings. The molecule has 0 aliphatic carbocycles. The zero-order valence-electron chi connectivity index (χ0n) is 11.9. The number of hydrogen-bond acceptors (Lipinski definition) is 4. The van der Waals surface area contributed by atoms with Gasteiger partial charge in [0.1, 0.15) is 11.9 Å². The van der Waals surface area contributed by atoms with Crippen LogP contribution in [0.1, 0.15) is 27.2 Å². The summed E-state index contributed by atoms with van der Waals surface area (Å²) in [6.45, 7) is 5.94. The molecule has 1 amide bonds. The Morgan fingerprint density at radius 1 is 1.53 bits per heavy atom. The Bertz CT molecular complexity index is 409. The van der Waals surface area contributed by atoms with Gasteiger partial charge in [0.25, 0.3) is 0 Å². The minimum atomic E-state index is -0.569. The zero-order chi connectivity index (χ0) is 14.5. The first kappa shape index (κ1) is 15.2. The van der Waals surface area contributed by atoms with Crippen molar-refractivity contribution < 1.29 is 14.3 Å². The molecule has 0 aliphatic heterocycles. The number of rotatable bonds is 5. The fourth-order valence-electron chi connectivity index (χ4n) is 1.52. The number of aromatic nitrogens is 2. The Morgan fingerprint density at radius 3 is 2.68 bits per heavy atom. The molecule has 0 radical (unpaired) electrons. The van der Waals surface area contributed by atoms with Crippen molar-refractivity contribution in [2.45, 2.75) is 45.4 Å². The van der Waals surface area contributed by atoms with Crippen molar-refractivity contribution in [1.82, 2.24) is 14.7 Å². The van der Waals surface area contributed by atoms with E-state index in [1.54, 1.807) is 38.7 Å². The zero-order valence-corrected chi connectivity index (χ0v) is 11.9. The predicted octanol–water partition coefficient (Wildman–Crippen LogP) is 1.71. The lowest BCUT2D eigenvalue weighted by Crippen LogP contribution is -2.42. The summed E-state index contributed by atoms with van der Waals surface area (Å²) in [5, 5.41) is 4.05. The topological polar surface area (TPSA) is 64.4 Å². The number of nitrogens with zero attached hydrogens (tertiary/aromatic N) is 3. The average Bonchev–Trinajstić information content (AvgIpc) is 2.80. The normalized spacial score (nSPS) is 12.8. The van der Waals surface area contributed by atoms with E-state index in [1.807, 2.05) is 12.3 Å². The molecule has 1 heterocycles. The average molecular weight is 267 g/mol. The number of carbonyl (C=O) groups is 2. The Kier molecular flexibility index (Phi) is 5.09. The van der Waals surface area contributed by atoms with Gasteiger partial charge in [-0.05, 0) is 33.3 Å². The lowest BCUT2D eigenvalue weighted by molar-refractivity contribution is -0.112. The van der Waals surface area contributed by atoms with Crippen LogP contribution in [0, 0.1) is 0 Å². The molecule has 19 heavy (non-hydrogen) atoms. The first-order valence-corrected chi connectivity index (χ1v) is 6.22. The van der Waals surface area contributed by atoms with Gasteiger partial charge in [-0.15, -0.1) is 0 Å². The third-order valence-electron chi connectivity index (χ3n) is 2.55. The maximum absolute atomic E-state index is 11.8. The number of likely N-dealkylation sites (N-methyl/N-ethyl adjacent to an activating group) is 1. The first-order chi connectivity index (χ1) is 8.83. The van der Waals surface area contributed by atoms with Crippen LogP contribution in [0.15, 0.2) is 18.5 Å². The number of aryl methyl sites for hydroxylation is 1. The van der Waals surface area contributed by atoms with Gasteiger partial charge in [-0.3, -0.25) is 4.68 Å². The Morgan fingerprint density at radius 2 is 2.21 bits per heavy atom. The van der Waals surface area contributed by atoms with Crippen LogP contribution in [0.5, 0.6) is 0 Å². The highest BCUT2D eigenvalue weighted by Crippen LogP contribution is 2.11. The predicted molar refractivity (Wildman–Crippen MR) is 70.7 cm³/mol. The van der Waals surface area contributed by atoms with Crippen LogP contribution < -0.4 is 0 Å². The second kappa shape index (κ2) is 6.36. The molecule has 0 saturated heterocycles. The van der Waals surface area contributed by atoms with E-state index >= 15 is 0 Å². The maximum Gasteiger partial charge on any atom is 0.410 e. The molecule has 0 spiro atoms. The van der Waals surface area contributed by atoms with Crippen LogP contribution in [-0.4, -0.2) is 45.8 Å². The molecule has 0 N–H and O–H groups in total. The molecule has 0 bridgehead atoms. The number of carbonyl (C=O) groups excluding carboxylic acids is 2. The molecule has 6 nitrogen and oxygen atoms in total. The fourth-order valence-corrected chi connectivity index (χ4v) is 1.52. The second-order valence-corrected chi connectivity index (χ2v) is 5.35. The highest BCUT2D eigenvalue weighted by atomic mass is 16.6. The van der Waals surface area contributed by atoms with E-state index in [1.165, 1.54) is 4.90 Å². The van der Waals surface area contributed by atoms with E-state index in [4.69, 9.17) is 4.74 Å². The molecule has 106 valence electrons. The molecular formula is C13H21N3O3. The molecule has 0 aliphatic rings. The third-order valence-corrected chi connectivity index (χ3v) is 2.55. The molecule has 0 aromatic carbocycles. The van der Waals surface area contributed by atoms with Gasteiger partial charge in [0.2, 0.25) is 0 Å². The summed E-state index contributed by atoms with van der Waals surface area (Å²) >= 11 is 0. The first-order valence-electron chi connectivity index (χ1n) is 6.22. The van der Waals surface area contributed by atoms with Crippen molar-refractivity contribution in [2.75, 3.05) is 7.05 Å². The molecule has 1 unspecified atom stereocenters.